The molecule has 168 valence electrons. The first kappa shape index (κ1) is 22.5. The van der Waals surface area contributed by atoms with Crippen LogP contribution >= 0.6 is 0 Å². The molecule has 0 unspecified atom stereocenters. The third-order valence-corrected chi connectivity index (χ3v) is 5.91. The maximum absolute atomic E-state index is 13.4. The Morgan fingerprint density at radius 2 is 1.93 bits per heavy atom. The summed E-state index contributed by atoms with van der Waals surface area (Å²) in [6, 6.07) is 0. The number of nitrogens with zero attached hydrogens (tertiary/aromatic N) is 4. The molecular weight excluding hydrogens is 386 g/mol. The number of alkyl carbamates (subject to hydrolysis) is 1. The number of amides is 2. The fraction of sp³-hybridized carbons (Fsp3) is 0.810. The van der Waals surface area contributed by atoms with E-state index in [0.29, 0.717) is 31.3 Å². The fourth-order valence-corrected chi connectivity index (χ4v) is 4.36. The van der Waals surface area contributed by atoms with Gasteiger partial charge in [-0.15, -0.1) is 0 Å². The number of aryl methyl sites for hydroxylation is 1. The van der Waals surface area contributed by atoms with Crippen molar-refractivity contribution >= 4 is 12.0 Å². The maximum Gasteiger partial charge on any atom is 0.408 e. The van der Waals surface area contributed by atoms with E-state index in [1.807, 2.05) is 32.6 Å². The Labute approximate surface area is 178 Å². The molecule has 1 aromatic rings. The van der Waals surface area contributed by atoms with Crippen molar-refractivity contribution in [1.29, 1.82) is 0 Å². The highest BCUT2D eigenvalue weighted by molar-refractivity contribution is 5.81. The predicted octanol–water partition coefficient (Wildman–Crippen LogP) is 2.50. The Balaban J connectivity index is 1.58. The molecule has 0 bridgehead atoms. The van der Waals surface area contributed by atoms with Crippen LogP contribution in [0.3, 0.4) is 0 Å². The van der Waals surface area contributed by atoms with Gasteiger partial charge in [-0.05, 0) is 47.5 Å². The van der Waals surface area contributed by atoms with E-state index >= 15 is 0 Å². The molecule has 0 spiro atoms. The van der Waals surface area contributed by atoms with Gasteiger partial charge < -0.3 is 19.5 Å². The van der Waals surface area contributed by atoms with Crippen LogP contribution in [0.5, 0.6) is 0 Å². The minimum Gasteiger partial charge on any atom is -0.444 e. The lowest BCUT2D eigenvalue weighted by Gasteiger charge is -2.44. The second kappa shape index (κ2) is 8.91. The van der Waals surface area contributed by atoms with Crippen molar-refractivity contribution < 1.29 is 18.8 Å². The van der Waals surface area contributed by atoms with Gasteiger partial charge in [0.1, 0.15) is 5.60 Å². The monoisotopic (exact) mass is 421 g/mol. The molecule has 1 aliphatic heterocycles. The summed E-state index contributed by atoms with van der Waals surface area (Å²) in [6.45, 7) is 12.7. The van der Waals surface area contributed by atoms with Crippen LogP contribution in [0.4, 0.5) is 4.79 Å². The van der Waals surface area contributed by atoms with E-state index in [0.717, 1.165) is 38.8 Å². The number of piperazine rings is 1. The molecule has 30 heavy (non-hydrogen) atoms. The molecule has 0 aromatic carbocycles. The highest BCUT2D eigenvalue weighted by Gasteiger charge is 2.44. The Morgan fingerprint density at radius 1 is 1.23 bits per heavy atom. The van der Waals surface area contributed by atoms with Crippen molar-refractivity contribution in [2.75, 3.05) is 26.2 Å². The van der Waals surface area contributed by atoms with E-state index < -0.39 is 17.2 Å². The normalized spacial score (nSPS) is 25.8. The van der Waals surface area contributed by atoms with Crippen LogP contribution in [-0.4, -0.2) is 69.3 Å². The van der Waals surface area contributed by atoms with Crippen LogP contribution in [0.15, 0.2) is 4.52 Å². The second-order valence-electron chi connectivity index (χ2n) is 9.68. The smallest absolute Gasteiger partial charge is 0.408 e. The Bertz CT molecular complexity index is 751. The number of hydrogen-bond acceptors (Lipinski definition) is 7. The topological polar surface area (TPSA) is 101 Å². The SMILES string of the molecule is Cc1noc(CN2CCN(C(=O)[C@H]3CCCC[C@@]3(C)NC(=O)OC(C)(C)C)CC2)n1. The standard InChI is InChI=1S/C21H35N5O4/c1-15-22-17(30-24-15)14-25-10-12-26(13-11-25)18(27)16-8-6-7-9-21(16,5)23-19(28)29-20(2,3)4/h16H,6-14H2,1-5H3,(H,23,28)/t16-,21-/m1/s1. The summed E-state index contributed by atoms with van der Waals surface area (Å²) in [5.41, 5.74) is -1.15. The number of nitrogens with one attached hydrogen (secondary N) is 1. The molecule has 2 aliphatic rings. The summed E-state index contributed by atoms with van der Waals surface area (Å²) in [5, 5.41) is 6.85. The van der Waals surface area contributed by atoms with Crippen LogP contribution in [-0.2, 0) is 16.1 Å². The minimum atomic E-state index is -0.587. The Kier molecular flexibility index (Phi) is 6.69. The lowest BCUT2D eigenvalue weighted by atomic mass is 9.73. The van der Waals surface area contributed by atoms with E-state index in [1.165, 1.54) is 0 Å². The van der Waals surface area contributed by atoms with Crippen LogP contribution in [0, 0.1) is 12.8 Å². The van der Waals surface area contributed by atoms with Crippen LogP contribution < -0.4 is 5.32 Å². The van der Waals surface area contributed by atoms with Crippen molar-refractivity contribution in [3.8, 4) is 0 Å². The van der Waals surface area contributed by atoms with Crippen molar-refractivity contribution in [2.45, 2.75) is 78.0 Å². The van der Waals surface area contributed by atoms with E-state index in [9.17, 15) is 9.59 Å². The predicted molar refractivity (Wildman–Crippen MR) is 111 cm³/mol. The second-order valence-corrected chi connectivity index (χ2v) is 9.68. The molecule has 9 heteroatoms. The van der Waals surface area contributed by atoms with E-state index in [4.69, 9.17) is 9.26 Å². The van der Waals surface area contributed by atoms with Gasteiger partial charge in [0.2, 0.25) is 11.8 Å². The lowest BCUT2D eigenvalue weighted by Crippen LogP contribution is -2.60. The first-order chi connectivity index (χ1) is 14.1. The summed E-state index contributed by atoms with van der Waals surface area (Å²) >= 11 is 0. The largest absolute Gasteiger partial charge is 0.444 e. The average molecular weight is 422 g/mol. The molecule has 1 saturated carbocycles. The molecule has 2 heterocycles. The number of carbonyl (C=O) groups excluding carboxylic acids is 2. The number of aromatic nitrogens is 2. The summed E-state index contributed by atoms with van der Waals surface area (Å²) in [5.74, 6) is 1.13. The molecule has 9 nitrogen and oxygen atoms in total. The van der Waals surface area contributed by atoms with Gasteiger partial charge in [-0.25, -0.2) is 4.79 Å². The molecule has 1 saturated heterocycles. The van der Waals surface area contributed by atoms with Gasteiger partial charge in [-0.2, -0.15) is 4.98 Å². The quantitative estimate of drug-likeness (QED) is 0.797. The van der Waals surface area contributed by atoms with Crippen molar-refractivity contribution in [3.05, 3.63) is 11.7 Å². The summed E-state index contributed by atoms with van der Waals surface area (Å²) in [6.07, 6.45) is 3.10. The van der Waals surface area contributed by atoms with Crippen LogP contribution in [0.2, 0.25) is 0 Å². The first-order valence-corrected chi connectivity index (χ1v) is 10.9. The zero-order valence-electron chi connectivity index (χ0n) is 18.9. The van der Waals surface area contributed by atoms with E-state index in [-0.39, 0.29) is 11.8 Å². The summed E-state index contributed by atoms with van der Waals surface area (Å²) < 4.78 is 10.6. The Hall–Kier alpha value is -2.16. The third kappa shape index (κ3) is 5.71. The van der Waals surface area contributed by atoms with Crippen molar-refractivity contribution in [2.24, 2.45) is 5.92 Å². The first-order valence-electron chi connectivity index (χ1n) is 10.9. The zero-order valence-corrected chi connectivity index (χ0v) is 18.9. The van der Waals surface area contributed by atoms with Gasteiger partial charge in [0.25, 0.3) is 0 Å². The Morgan fingerprint density at radius 3 is 2.53 bits per heavy atom. The highest BCUT2D eigenvalue weighted by Crippen LogP contribution is 2.35. The van der Waals surface area contributed by atoms with Gasteiger partial charge >= 0.3 is 6.09 Å². The van der Waals surface area contributed by atoms with E-state index in [2.05, 4.69) is 20.4 Å². The third-order valence-electron chi connectivity index (χ3n) is 5.91. The molecule has 2 atom stereocenters. The number of hydrogen-bond donors (Lipinski definition) is 1. The average Bonchev–Trinajstić information content (AvgIpc) is 3.05. The molecule has 1 aromatic heterocycles. The molecule has 3 rings (SSSR count). The molecule has 1 aliphatic carbocycles. The van der Waals surface area contributed by atoms with Gasteiger partial charge in [0.05, 0.1) is 18.0 Å². The van der Waals surface area contributed by atoms with E-state index in [1.54, 1.807) is 6.92 Å². The number of carbonyl (C=O) groups is 2. The van der Waals surface area contributed by atoms with Gasteiger partial charge in [0, 0.05) is 26.2 Å². The van der Waals surface area contributed by atoms with Gasteiger partial charge in [-0.3, -0.25) is 9.69 Å². The highest BCUT2D eigenvalue weighted by atomic mass is 16.6. The van der Waals surface area contributed by atoms with Crippen LogP contribution in [0.1, 0.15) is 65.1 Å². The zero-order chi connectivity index (χ0) is 21.9. The fourth-order valence-electron chi connectivity index (χ4n) is 4.36. The van der Waals surface area contributed by atoms with Gasteiger partial charge in [0.15, 0.2) is 5.82 Å². The molecule has 2 amide bonds. The molecule has 1 N–H and O–H groups in total. The van der Waals surface area contributed by atoms with Gasteiger partial charge in [-0.1, -0.05) is 18.0 Å². The summed E-state index contributed by atoms with van der Waals surface area (Å²) in [4.78, 5) is 34.2. The molecule has 2 fully saturated rings. The molecular formula is C21H35N5O4. The summed E-state index contributed by atoms with van der Waals surface area (Å²) in [7, 11) is 0. The number of ether oxygens (including phenoxy) is 1. The number of rotatable bonds is 4. The maximum atomic E-state index is 13.4. The molecule has 0 radical (unpaired) electrons. The van der Waals surface area contributed by atoms with Crippen molar-refractivity contribution in [3.63, 3.8) is 0 Å². The van der Waals surface area contributed by atoms with Crippen LogP contribution in [0.25, 0.3) is 0 Å². The van der Waals surface area contributed by atoms with Crippen molar-refractivity contribution in [1.82, 2.24) is 25.3 Å². The minimum absolute atomic E-state index is 0.126. The lowest BCUT2D eigenvalue weighted by molar-refractivity contribution is -0.141.